The Hall–Kier alpha value is -1.22. The smallest absolute Gasteiger partial charge is 0.161 e. The molecule has 0 bridgehead atoms. The van der Waals surface area contributed by atoms with Gasteiger partial charge in [-0.2, -0.15) is 0 Å². The summed E-state index contributed by atoms with van der Waals surface area (Å²) in [5.74, 6) is 2.08. The second-order valence-corrected chi connectivity index (χ2v) is 4.25. The van der Waals surface area contributed by atoms with Crippen LogP contribution in [0.3, 0.4) is 0 Å². The topological polar surface area (TPSA) is 44.5 Å². The quantitative estimate of drug-likeness (QED) is 0.827. The molecule has 96 valence electrons. The van der Waals surface area contributed by atoms with Crippen molar-refractivity contribution in [3.63, 3.8) is 0 Å². The first-order chi connectivity index (χ1) is 8.17. The van der Waals surface area contributed by atoms with Crippen LogP contribution in [-0.4, -0.2) is 20.8 Å². The van der Waals surface area contributed by atoms with E-state index in [0.29, 0.717) is 12.5 Å². The molecule has 2 N–H and O–H groups in total. The fraction of sp³-hybridized carbons (Fsp3) is 0.571. The zero-order chi connectivity index (χ0) is 12.8. The molecule has 0 amide bonds. The first kappa shape index (κ1) is 13.8. The molecule has 3 nitrogen and oxygen atoms in total. The highest BCUT2D eigenvalue weighted by Gasteiger charge is 2.15. The van der Waals surface area contributed by atoms with Crippen LogP contribution in [0.25, 0.3) is 0 Å². The molecule has 1 rings (SSSR count). The van der Waals surface area contributed by atoms with Crippen molar-refractivity contribution >= 4 is 0 Å². The van der Waals surface area contributed by atoms with Crippen molar-refractivity contribution in [1.29, 1.82) is 0 Å². The SMILES string of the molecule is CCC(CCN)c1cc(OC)c(OC)cc1C. The van der Waals surface area contributed by atoms with E-state index in [1.807, 2.05) is 6.07 Å². The molecule has 1 aromatic rings. The van der Waals surface area contributed by atoms with E-state index in [1.54, 1.807) is 14.2 Å². The van der Waals surface area contributed by atoms with E-state index in [0.717, 1.165) is 24.3 Å². The number of benzene rings is 1. The third-order valence-electron chi connectivity index (χ3n) is 3.22. The lowest BCUT2D eigenvalue weighted by atomic mass is 9.89. The number of aryl methyl sites for hydroxylation is 1. The van der Waals surface area contributed by atoms with Gasteiger partial charge in [0.25, 0.3) is 0 Å². The Kier molecular flexibility index (Phi) is 5.29. The number of hydrogen-bond acceptors (Lipinski definition) is 3. The van der Waals surface area contributed by atoms with Gasteiger partial charge in [0.2, 0.25) is 0 Å². The second-order valence-electron chi connectivity index (χ2n) is 4.25. The Morgan fingerprint density at radius 3 is 2.24 bits per heavy atom. The predicted molar refractivity (Wildman–Crippen MR) is 71.0 cm³/mol. The zero-order valence-electron chi connectivity index (χ0n) is 11.2. The van der Waals surface area contributed by atoms with Gasteiger partial charge in [-0.1, -0.05) is 6.92 Å². The average molecular weight is 237 g/mol. The molecular weight excluding hydrogens is 214 g/mol. The molecular formula is C14H23NO2. The van der Waals surface area contributed by atoms with Crippen molar-refractivity contribution in [3.05, 3.63) is 23.3 Å². The van der Waals surface area contributed by atoms with Gasteiger partial charge in [-0.15, -0.1) is 0 Å². The standard InChI is InChI=1S/C14H23NO2/c1-5-11(6-7-15)12-9-14(17-4)13(16-3)8-10(12)2/h8-9,11H,5-7,15H2,1-4H3. The third kappa shape index (κ3) is 3.13. The highest BCUT2D eigenvalue weighted by atomic mass is 16.5. The van der Waals surface area contributed by atoms with Crippen molar-refractivity contribution in [2.24, 2.45) is 5.73 Å². The first-order valence-corrected chi connectivity index (χ1v) is 6.10. The summed E-state index contributed by atoms with van der Waals surface area (Å²) in [6.07, 6.45) is 2.10. The van der Waals surface area contributed by atoms with Gasteiger partial charge in [-0.3, -0.25) is 0 Å². The number of ether oxygens (including phenoxy) is 2. The number of methoxy groups -OCH3 is 2. The van der Waals surface area contributed by atoms with Crippen molar-refractivity contribution in [2.75, 3.05) is 20.8 Å². The fourth-order valence-corrected chi connectivity index (χ4v) is 2.22. The molecule has 1 atom stereocenters. The van der Waals surface area contributed by atoms with Crippen LogP contribution in [0.1, 0.15) is 36.8 Å². The van der Waals surface area contributed by atoms with Gasteiger partial charge >= 0.3 is 0 Å². The molecule has 0 aliphatic carbocycles. The monoisotopic (exact) mass is 237 g/mol. The molecule has 0 aliphatic rings. The van der Waals surface area contributed by atoms with Crippen molar-refractivity contribution in [2.45, 2.75) is 32.6 Å². The van der Waals surface area contributed by atoms with E-state index in [4.69, 9.17) is 15.2 Å². The van der Waals surface area contributed by atoms with E-state index >= 15 is 0 Å². The van der Waals surface area contributed by atoms with Crippen LogP contribution < -0.4 is 15.2 Å². The van der Waals surface area contributed by atoms with Crippen LogP contribution in [0.5, 0.6) is 11.5 Å². The highest BCUT2D eigenvalue weighted by molar-refractivity contribution is 5.48. The lowest BCUT2D eigenvalue weighted by Gasteiger charge is -2.19. The number of nitrogens with two attached hydrogens (primary N) is 1. The number of hydrogen-bond donors (Lipinski definition) is 1. The van der Waals surface area contributed by atoms with Gasteiger partial charge in [0, 0.05) is 0 Å². The maximum absolute atomic E-state index is 5.66. The Bertz CT molecular complexity index is 363. The summed E-state index contributed by atoms with van der Waals surface area (Å²) in [6, 6.07) is 4.12. The molecule has 0 saturated carbocycles. The molecule has 0 heterocycles. The summed E-state index contributed by atoms with van der Waals surface area (Å²) in [6.45, 7) is 5.01. The van der Waals surface area contributed by atoms with Crippen LogP contribution >= 0.6 is 0 Å². The van der Waals surface area contributed by atoms with Crippen LogP contribution in [0.2, 0.25) is 0 Å². The molecule has 3 heteroatoms. The lowest BCUT2D eigenvalue weighted by Crippen LogP contribution is -2.08. The van der Waals surface area contributed by atoms with Gasteiger partial charge in [0.15, 0.2) is 11.5 Å². The maximum Gasteiger partial charge on any atom is 0.161 e. The number of rotatable bonds is 6. The van der Waals surface area contributed by atoms with E-state index in [2.05, 4.69) is 19.9 Å². The van der Waals surface area contributed by atoms with E-state index in [-0.39, 0.29) is 0 Å². The summed E-state index contributed by atoms with van der Waals surface area (Å²) in [7, 11) is 3.33. The Labute approximate surface area is 104 Å². The molecule has 1 aromatic carbocycles. The van der Waals surface area contributed by atoms with Crippen LogP contribution in [0, 0.1) is 6.92 Å². The van der Waals surface area contributed by atoms with Crippen LogP contribution in [-0.2, 0) is 0 Å². The minimum Gasteiger partial charge on any atom is -0.493 e. The van der Waals surface area contributed by atoms with E-state index in [1.165, 1.54) is 11.1 Å². The summed E-state index contributed by atoms with van der Waals surface area (Å²) >= 11 is 0. The minimum absolute atomic E-state index is 0.500. The molecule has 0 saturated heterocycles. The van der Waals surface area contributed by atoms with E-state index < -0.39 is 0 Å². The van der Waals surface area contributed by atoms with Gasteiger partial charge in [-0.05, 0) is 55.5 Å². The molecule has 0 aromatic heterocycles. The normalized spacial score (nSPS) is 12.3. The molecule has 0 radical (unpaired) electrons. The zero-order valence-corrected chi connectivity index (χ0v) is 11.2. The van der Waals surface area contributed by atoms with Crippen molar-refractivity contribution in [3.8, 4) is 11.5 Å². The Morgan fingerprint density at radius 1 is 1.18 bits per heavy atom. The predicted octanol–water partition coefficient (Wildman–Crippen LogP) is 2.85. The van der Waals surface area contributed by atoms with Gasteiger partial charge in [-0.25, -0.2) is 0 Å². The Morgan fingerprint density at radius 2 is 1.76 bits per heavy atom. The largest absolute Gasteiger partial charge is 0.493 e. The van der Waals surface area contributed by atoms with Crippen LogP contribution in [0.4, 0.5) is 0 Å². The van der Waals surface area contributed by atoms with Crippen molar-refractivity contribution < 1.29 is 9.47 Å². The van der Waals surface area contributed by atoms with Crippen molar-refractivity contribution in [1.82, 2.24) is 0 Å². The summed E-state index contributed by atoms with van der Waals surface area (Å²) < 4.78 is 10.6. The lowest BCUT2D eigenvalue weighted by molar-refractivity contribution is 0.353. The summed E-state index contributed by atoms with van der Waals surface area (Å²) in [5, 5.41) is 0. The summed E-state index contributed by atoms with van der Waals surface area (Å²) in [4.78, 5) is 0. The van der Waals surface area contributed by atoms with Gasteiger partial charge < -0.3 is 15.2 Å². The van der Waals surface area contributed by atoms with E-state index in [9.17, 15) is 0 Å². The highest BCUT2D eigenvalue weighted by Crippen LogP contribution is 2.35. The molecule has 0 spiro atoms. The Balaban J connectivity index is 3.14. The average Bonchev–Trinajstić information content (AvgIpc) is 2.36. The minimum atomic E-state index is 0.500. The second kappa shape index (κ2) is 6.50. The fourth-order valence-electron chi connectivity index (χ4n) is 2.22. The maximum atomic E-state index is 5.66. The molecule has 17 heavy (non-hydrogen) atoms. The van der Waals surface area contributed by atoms with Gasteiger partial charge in [0.05, 0.1) is 14.2 Å². The molecule has 1 unspecified atom stereocenters. The van der Waals surface area contributed by atoms with Crippen LogP contribution in [0.15, 0.2) is 12.1 Å². The summed E-state index contributed by atoms with van der Waals surface area (Å²) in [5.41, 5.74) is 8.22. The third-order valence-corrected chi connectivity index (χ3v) is 3.22. The molecule has 0 fully saturated rings. The van der Waals surface area contributed by atoms with Gasteiger partial charge in [0.1, 0.15) is 0 Å². The molecule has 0 aliphatic heterocycles. The first-order valence-electron chi connectivity index (χ1n) is 6.10.